The van der Waals surface area contributed by atoms with Gasteiger partial charge in [-0.2, -0.15) is 0 Å². The normalized spacial score (nSPS) is 28.7. The Balaban J connectivity index is 2.06. The van der Waals surface area contributed by atoms with Crippen LogP contribution >= 0.6 is 0 Å². The average Bonchev–Trinajstić information content (AvgIpc) is 3.08. The number of carbonyl (C=O) groups is 3. The summed E-state index contributed by atoms with van der Waals surface area (Å²) < 4.78 is 10.4. The van der Waals surface area contributed by atoms with Crippen LogP contribution in [-0.4, -0.2) is 23.5 Å². The summed E-state index contributed by atoms with van der Waals surface area (Å²) in [6.07, 6.45) is 0. The standard InChI is InChI=1S/C16H16O5/c1-9(17)11-12(10-7-5-4-6-8-10)16(11)13(18)20-15(2,3)21-14(16)19/h4-8,11-12H,1-3H3/t11-,12+/m1/s1. The molecule has 1 aliphatic carbocycles. The van der Waals surface area contributed by atoms with Crippen LogP contribution in [0.4, 0.5) is 0 Å². The largest absolute Gasteiger partial charge is 0.422 e. The summed E-state index contributed by atoms with van der Waals surface area (Å²) in [6.45, 7) is 4.38. The lowest BCUT2D eigenvalue weighted by Crippen LogP contribution is -2.49. The summed E-state index contributed by atoms with van der Waals surface area (Å²) in [5, 5.41) is 0. The first-order valence-electron chi connectivity index (χ1n) is 6.83. The second-order valence-electron chi connectivity index (χ2n) is 6.02. The smallest absolute Gasteiger partial charge is 0.328 e. The summed E-state index contributed by atoms with van der Waals surface area (Å²) in [4.78, 5) is 36.8. The Labute approximate surface area is 122 Å². The van der Waals surface area contributed by atoms with Gasteiger partial charge in [0.1, 0.15) is 5.78 Å². The fourth-order valence-corrected chi connectivity index (χ4v) is 3.29. The Morgan fingerprint density at radius 2 is 1.57 bits per heavy atom. The van der Waals surface area contributed by atoms with Crippen molar-refractivity contribution in [2.45, 2.75) is 32.5 Å². The van der Waals surface area contributed by atoms with Gasteiger partial charge < -0.3 is 9.47 Å². The molecule has 2 aliphatic rings. The zero-order valence-electron chi connectivity index (χ0n) is 12.1. The van der Waals surface area contributed by atoms with Crippen molar-refractivity contribution in [3.63, 3.8) is 0 Å². The number of benzene rings is 1. The molecule has 3 rings (SSSR count). The third kappa shape index (κ3) is 1.80. The Morgan fingerprint density at radius 3 is 2.05 bits per heavy atom. The van der Waals surface area contributed by atoms with E-state index >= 15 is 0 Å². The minimum Gasteiger partial charge on any atom is -0.422 e. The van der Waals surface area contributed by atoms with Crippen LogP contribution in [0.15, 0.2) is 30.3 Å². The molecule has 110 valence electrons. The van der Waals surface area contributed by atoms with Crippen LogP contribution in [0.25, 0.3) is 0 Å². The van der Waals surface area contributed by atoms with Gasteiger partial charge in [0.15, 0.2) is 5.41 Å². The fourth-order valence-electron chi connectivity index (χ4n) is 3.29. The van der Waals surface area contributed by atoms with Gasteiger partial charge in [-0.05, 0) is 12.5 Å². The highest BCUT2D eigenvalue weighted by Gasteiger charge is 2.81. The van der Waals surface area contributed by atoms with Crippen molar-refractivity contribution >= 4 is 17.7 Å². The van der Waals surface area contributed by atoms with Crippen LogP contribution < -0.4 is 0 Å². The molecule has 1 saturated carbocycles. The van der Waals surface area contributed by atoms with Crippen molar-refractivity contribution in [2.75, 3.05) is 0 Å². The van der Waals surface area contributed by atoms with Crippen molar-refractivity contribution < 1.29 is 23.9 Å². The number of Topliss-reactive ketones (excluding diaryl/α,β-unsaturated/α-hetero) is 1. The van der Waals surface area contributed by atoms with E-state index in [1.165, 1.54) is 20.8 Å². The molecule has 0 radical (unpaired) electrons. The molecule has 1 saturated heterocycles. The van der Waals surface area contributed by atoms with E-state index in [1.54, 1.807) is 12.1 Å². The van der Waals surface area contributed by atoms with Gasteiger partial charge in [-0.15, -0.1) is 0 Å². The second kappa shape index (κ2) is 4.16. The van der Waals surface area contributed by atoms with E-state index in [1.807, 2.05) is 18.2 Å². The van der Waals surface area contributed by atoms with E-state index in [2.05, 4.69) is 0 Å². The topological polar surface area (TPSA) is 69.7 Å². The average molecular weight is 288 g/mol. The SMILES string of the molecule is CC(=O)[C@@H]1[C@H](c2ccccc2)C12C(=O)OC(C)(C)OC2=O. The molecule has 0 N–H and O–H groups in total. The molecule has 5 heteroatoms. The summed E-state index contributed by atoms with van der Waals surface area (Å²) in [5.74, 6) is -4.05. The first-order chi connectivity index (χ1) is 9.80. The summed E-state index contributed by atoms with van der Waals surface area (Å²) in [7, 11) is 0. The zero-order chi connectivity index (χ0) is 15.4. The summed E-state index contributed by atoms with van der Waals surface area (Å²) >= 11 is 0. The van der Waals surface area contributed by atoms with E-state index in [9.17, 15) is 14.4 Å². The Hall–Kier alpha value is -2.17. The number of esters is 2. The Morgan fingerprint density at radius 1 is 1.05 bits per heavy atom. The van der Waals surface area contributed by atoms with Gasteiger partial charge >= 0.3 is 11.9 Å². The zero-order valence-corrected chi connectivity index (χ0v) is 12.1. The predicted molar refractivity (Wildman–Crippen MR) is 72.1 cm³/mol. The lowest BCUT2D eigenvalue weighted by Gasteiger charge is -2.33. The Bertz CT molecular complexity index is 611. The van der Waals surface area contributed by atoms with Crippen molar-refractivity contribution in [3.05, 3.63) is 35.9 Å². The van der Waals surface area contributed by atoms with Crippen LogP contribution in [0.3, 0.4) is 0 Å². The second-order valence-corrected chi connectivity index (χ2v) is 6.02. The van der Waals surface area contributed by atoms with Crippen LogP contribution in [0.2, 0.25) is 0 Å². The van der Waals surface area contributed by atoms with E-state index in [4.69, 9.17) is 9.47 Å². The van der Waals surface area contributed by atoms with Gasteiger partial charge in [-0.25, -0.2) is 0 Å². The number of ether oxygens (including phenoxy) is 2. The van der Waals surface area contributed by atoms with Crippen LogP contribution in [0.1, 0.15) is 32.3 Å². The first-order valence-corrected chi connectivity index (χ1v) is 6.83. The minimum absolute atomic E-state index is 0.211. The Kier molecular flexibility index (Phi) is 2.74. The van der Waals surface area contributed by atoms with Crippen molar-refractivity contribution in [1.29, 1.82) is 0 Å². The lowest BCUT2D eigenvalue weighted by molar-refractivity contribution is -0.244. The van der Waals surface area contributed by atoms with Gasteiger partial charge in [0.05, 0.1) is 5.92 Å². The highest BCUT2D eigenvalue weighted by molar-refractivity contribution is 6.13. The molecule has 2 fully saturated rings. The molecule has 1 spiro atoms. The van der Waals surface area contributed by atoms with Gasteiger partial charge in [-0.3, -0.25) is 14.4 Å². The van der Waals surface area contributed by atoms with Gasteiger partial charge in [0.25, 0.3) is 5.79 Å². The van der Waals surface area contributed by atoms with Crippen LogP contribution in [-0.2, 0) is 23.9 Å². The van der Waals surface area contributed by atoms with Gasteiger partial charge in [-0.1, -0.05) is 30.3 Å². The maximum atomic E-state index is 12.4. The molecular weight excluding hydrogens is 272 g/mol. The predicted octanol–water partition coefficient (Wildman–Crippen LogP) is 1.81. The number of rotatable bonds is 2. The van der Waals surface area contributed by atoms with E-state index < -0.39 is 35.0 Å². The monoisotopic (exact) mass is 288 g/mol. The summed E-state index contributed by atoms with van der Waals surface area (Å²) in [5.41, 5.74) is -0.741. The fraction of sp³-hybridized carbons (Fsp3) is 0.438. The lowest BCUT2D eigenvalue weighted by atomic mass is 9.97. The number of hydrogen-bond acceptors (Lipinski definition) is 5. The molecule has 1 heterocycles. The number of carbonyl (C=O) groups excluding carboxylic acids is 3. The molecule has 0 aromatic heterocycles. The first kappa shape index (κ1) is 13.8. The van der Waals surface area contributed by atoms with E-state index in [-0.39, 0.29) is 5.78 Å². The molecule has 21 heavy (non-hydrogen) atoms. The molecule has 0 amide bonds. The van der Waals surface area contributed by atoms with Gasteiger partial charge in [0.2, 0.25) is 0 Å². The van der Waals surface area contributed by atoms with Crippen LogP contribution in [0.5, 0.6) is 0 Å². The molecule has 2 atom stereocenters. The quantitative estimate of drug-likeness (QED) is 0.613. The molecule has 0 bridgehead atoms. The molecule has 1 aromatic carbocycles. The van der Waals surface area contributed by atoms with Crippen LogP contribution in [0, 0.1) is 11.3 Å². The molecule has 1 aromatic rings. The number of ketones is 1. The van der Waals surface area contributed by atoms with Crippen molar-refractivity contribution in [2.24, 2.45) is 11.3 Å². The maximum Gasteiger partial charge on any atom is 0.328 e. The third-order valence-corrected chi connectivity index (χ3v) is 4.15. The van der Waals surface area contributed by atoms with E-state index in [0.717, 1.165) is 5.56 Å². The minimum atomic E-state index is -1.51. The maximum absolute atomic E-state index is 12.4. The van der Waals surface area contributed by atoms with Crippen molar-refractivity contribution in [3.8, 4) is 0 Å². The number of hydrogen-bond donors (Lipinski definition) is 0. The molecule has 0 unspecified atom stereocenters. The summed E-state index contributed by atoms with van der Waals surface area (Å²) in [6, 6.07) is 9.05. The van der Waals surface area contributed by atoms with Gasteiger partial charge in [0, 0.05) is 19.8 Å². The van der Waals surface area contributed by atoms with E-state index in [0.29, 0.717) is 0 Å². The molecular formula is C16H16O5. The highest BCUT2D eigenvalue weighted by atomic mass is 16.7. The third-order valence-electron chi connectivity index (χ3n) is 4.15. The number of cyclic esters (lactones) is 2. The molecule has 1 aliphatic heterocycles. The van der Waals surface area contributed by atoms with Crippen molar-refractivity contribution in [1.82, 2.24) is 0 Å². The molecule has 5 nitrogen and oxygen atoms in total. The highest BCUT2D eigenvalue weighted by Crippen LogP contribution is 2.68.